The fraction of sp³-hybridized carbons (Fsp3) is 0.111. The van der Waals surface area contributed by atoms with Gasteiger partial charge in [-0.05, 0) is 47.7 Å². The molecule has 128 valence electrons. The highest BCUT2D eigenvalue weighted by Gasteiger charge is 2.24. The minimum absolute atomic E-state index is 0.0815. The van der Waals surface area contributed by atoms with E-state index in [1.165, 1.54) is 26.0 Å². The van der Waals surface area contributed by atoms with Crippen LogP contribution in [0.3, 0.4) is 0 Å². The molecule has 2 aromatic rings. The van der Waals surface area contributed by atoms with E-state index in [4.69, 9.17) is 9.47 Å². The Morgan fingerprint density at radius 2 is 1.76 bits per heavy atom. The second-order valence-electron chi connectivity index (χ2n) is 5.09. The number of methoxy groups -OCH3 is 2. The van der Waals surface area contributed by atoms with E-state index in [0.717, 1.165) is 5.69 Å². The van der Waals surface area contributed by atoms with Crippen molar-refractivity contribution in [2.45, 2.75) is 0 Å². The number of hydrogen-bond acceptors (Lipinski definition) is 6. The average molecular weight is 356 g/mol. The van der Waals surface area contributed by atoms with Gasteiger partial charge in [-0.25, -0.2) is 4.99 Å². The summed E-state index contributed by atoms with van der Waals surface area (Å²) >= 11 is 1.25. The Balaban J connectivity index is 1.89. The third-order valence-electron chi connectivity index (χ3n) is 3.44. The molecule has 0 unspecified atom stereocenters. The van der Waals surface area contributed by atoms with Gasteiger partial charge in [0.05, 0.1) is 24.8 Å². The Kier molecular flexibility index (Phi) is 4.95. The Morgan fingerprint density at radius 1 is 1.12 bits per heavy atom. The van der Waals surface area contributed by atoms with Crippen LogP contribution >= 0.6 is 11.8 Å². The average Bonchev–Trinajstić information content (AvgIpc) is 2.96. The molecule has 0 radical (unpaired) electrons. The predicted octanol–water partition coefficient (Wildman–Crippen LogP) is 3.30. The first-order chi connectivity index (χ1) is 12.1. The van der Waals surface area contributed by atoms with E-state index in [1.807, 2.05) is 30.3 Å². The van der Waals surface area contributed by atoms with Crippen LogP contribution in [0.4, 0.5) is 5.69 Å². The van der Waals surface area contributed by atoms with Gasteiger partial charge in [-0.15, -0.1) is 0 Å². The van der Waals surface area contributed by atoms with E-state index in [9.17, 15) is 9.90 Å². The lowest BCUT2D eigenvalue weighted by Gasteiger charge is -2.09. The largest absolute Gasteiger partial charge is 0.502 e. The standard InChI is InChI=1S/C18H16N2O4S/c1-23-13-8-11(9-14(24-2)16(13)21)10-15-17(22)20-18(25-15)19-12-6-4-3-5-7-12/h3-10,21H,1-2H3,(H,19,20,22)/b15-10-. The number of aliphatic imine (C=N–C) groups is 1. The molecule has 0 aromatic heterocycles. The molecule has 25 heavy (non-hydrogen) atoms. The number of ether oxygens (including phenoxy) is 2. The van der Waals surface area contributed by atoms with Crippen molar-refractivity contribution < 1.29 is 19.4 Å². The number of amidine groups is 1. The minimum Gasteiger partial charge on any atom is -0.502 e. The second-order valence-corrected chi connectivity index (χ2v) is 6.12. The zero-order valence-corrected chi connectivity index (χ0v) is 14.5. The SMILES string of the molecule is COc1cc(/C=C2\SC(=Nc3ccccc3)NC2=O)cc(OC)c1O. The van der Waals surface area contributed by atoms with Crippen molar-refractivity contribution in [3.8, 4) is 17.2 Å². The fourth-order valence-electron chi connectivity index (χ4n) is 2.25. The van der Waals surface area contributed by atoms with Gasteiger partial charge in [-0.1, -0.05) is 18.2 Å². The molecule has 0 aliphatic carbocycles. The highest BCUT2D eigenvalue weighted by molar-refractivity contribution is 8.18. The first-order valence-electron chi connectivity index (χ1n) is 7.40. The highest BCUT2D eigenvalue weighted by Crippen LogP contribution is 2.38. The zero-order chi connectivity index (χ0) is 17.8. The van der Waals surface area contributed by atoms with E-state index < -0.39 is 0 Å². The second kappa shape index (κ2) is 7.31. The molecule has 1 amide bonds. The van der Waals surface area contributed by atoms with Gasteiger partial charge in [-0.3, -0.25) is 4.79 Å². The van der Waals surface area contributed by atoms with Crippen LogP contribution in [0.5, 0.6) is 17.2 Å². The molecule has 2 N–H and O–H groups in total. The van der Waals surface area contributed by atoms with E-state index in [2.05, 4.69) is 10.3 Å². The maximum atomic E-state index is 12.2. The van der Waals surface area contributed by atoms with Crippen molar-refractivity contribution in [3.05, 3.63) is 52.9 Å². The summed E-state index contributed by atoms with van der Waals surface area (Å²) in [6.45, 7) is 0. The van der Waals surface area contributed by atoms with Crippen LogP contribution in [0.2, 0.25) is 0 Å². The third-order valence-corrected chi connectivity index (χ3v) is 4.35. The summed E-state index contributed by atoms with van der Waals surface area (Å²) in [5.74, 6) is 0.230. The Hall–Kier alpha value is -2.93. The molecule has 0 saturated carbocycles. The highest BCUT2D eigenvalue weighted by atomic mass is 32.2. The van der Waals surface area contributed by atoms with Crippen molar-refractivity contribution in [1.29, 1.82) is 0 Å². The zero-order valence-electron chi connectivity index (χ0n) is 13.6. The summed E-state index contributed by atoms with van der Waals surface area (Å²) in [5, 5.41) is 13.2. The van der Waals surface area contributed by atoms with Crippen molar-refractivity contribution in [1.82, 2.24) is 5.32 Å². The Labute approximate surface area is 149 Å². The van der Waals surface area contributed by atoms with Gasteiger partial charge in [0.2, 0.25) is 5.75 Å². The molecule has 6 nitrogen and oxygen atoms in total. The summed E-state index contributed by atoms with van der Waals surface area (Å²) < 4.78 is 10.3. The van der Waals surface area contributed by atoms with Crippen LogP contribution in [0.15, 0.2) is 52.4 Å². The quantitative estimate of drug-likeness (QED) is 0.822. The molecule has 1 heterocycles. The number of phenolic OH excluding ortho intramolecular Hbond substituents is 1. The molecule has 0 bridgehead atoms. The van der Waals surface area contributed by atoms with E-state index in [0.29, 0.717) is 15.6 Å². The van der Waals surface area contributed by atoms with Crippen molar-refractivity contribution in [2.24, 2.45) is 4.99 Å². The molecule has 1 aliphatic rings. The van der Waals surface area contributed by atoms with E-state index in [1.54, 1.807) is 18.2 Å². The van der Waals surface area contributed by atoms with Crippen molar-refractivity contribution >= 4 is 34.6 Å². The monoisotopic (exact) mass is 356 g/mol. The number of nitrogens with one attached hydrogen (secondary N) is 1. The smallest absolute Gasteiger partial charge is 0.264 e. The molecule has 0 spiro atoms. The summed E-state index contributed by atoms with van der Waals surface area (Å²) in [4.78, 5) is 17.1. The van der Waals surface area contributed by atoms with Crippen LogP contribution in [0.25, 0.3) is 6.08 Å². The van der Waals surface area contributed by atoms with Gasteiger partial charge in [0.25, 0.3) is 5.91 Å². The molecule has 1 fully saturated rings. The maximum absolute atomic E-state index is 12.2. The molecule has 3 rings (SSSR count). The van der Waals surface area contributed by atoms with Crippen molar-refractivity contribution in [3.63, 3.8) is 0 Å². The number of carbonyl (C=O) groups is 1. The number of rotatable bonds is 4. The number of aromatic hydroxyl groups is 1. The molecule has 1 saturated heterocycles. The van der Waals surface area contributed by atoms with Crippen molar-refractivity contribution in [2.75, 3.05) is 14.2 Å². The number of para-hydroxylation sites is 1. The van der Waals surface area contributed by atoms with Gasteiger partial charge in [0, 0.05) is 0 Å². The predicted molar refractivity (Wildman–Crippen MR) is 98.5 cm³/mol. The Morgan fingerprint density at radius 3 is 2.36 bits per heavy atom. The van der Waals surface area contributed by atoms with Gasteiger partial charge in [0.15, 0.2) is 16.7 Å². The van der Waals surface area contributed by atoms with Crippen LogP contribution in [-0.4, -0.2) is 30.4 Å². The topological polar surface area (TPSA) is 80.2 Å². The molecule has 7 heteroatoms. The molecule has 0 atom stereocenters. The lowest BCUT2D eigenvalue weighted by molar-refractivity contribution is -0.115. The van der Waals surface area contributed by atoms with E-state index >= 15 is 0 Å². The summed E-state index contributed by atoms with van der Waals surface area (Å²) in [6.07, 6.45) is 1.69. The molecular formula is C18H16N2O4S. The van der Waals surface area contributed by atoms with Gasteiger partial charge in [-0.2, -0.15) is 0 Å². The number of thioether (sulfide) groups is 1. The number of amides is 1. The fourth-order valence-corrected chi connectivity index (χ4v) is 3.09. The lowest BCUT2D eigenvalue weighted by atomic mass is 10.1. The van der Waals surface area contributed by atoms with E-state index in [-0.39, 0.29) is 23.2 Å². The van der Waals surface area contributed by atoms with Gasteiger partial charge in [0.1, 0.15) is 0 Å². The molecule has 2 aromatic carbocycles. The van der Waals surface area contributed by atoms with Crippen LogP contribution in [0.1, 0.15) is 5.56 Å². The lowest BCUT2D eigenvalue weighted by Crippen LogP contribution is -2.19. The summed E-state index contributed by atoms with van der Waals surface area (Å²) in [5.41, 5.74) is 1.43. The minimum atomic E-state index is -0.231. The van der Waals surface area contributed by atoms with Crippen LogP contribution < -0.4 is 14.8 Å². The summed E-state index contributed by atoms with van der Waals surface area (Å²) in [6, 6.07) is 12.6. The third kappa shape index (κ3) is 3.77. The Bertz CT molecular complexity index is 838. The summed E-state index contributed by atoms with van der Waals surface area (Å²) in [7, 11) is 2.90. The molecule has 1 aliphatic heterocycles. The van der Waals surface area contributed by atoms with Gasteiger partial charge < -0.3 is 19.9 Å². The number of carbonyl (C=O) groups excluding carboxylic acids is 1. The normalized spacial score (nSPS) is 17.0. The number of hydrogen-bond donors (Lipinski definition) is 2. The van der Waals surface area contributed by atoms with Crippen LogP contribution in [-0.2, 0) is 4.79 Å². The number of nitrogens with zero attached hydrogens (tertiary/aromatic N) is 1. The van der Waals surface area contributed by atoms with Crippen LogP contribution in [0, 0.1) is 0 Å². The first kappa shape index (κ1) is 16.9. The number of phenols is 1. The molecular weight excluding hydrogens is 340 g/mol. The first-order valence-corrected chi connectivity index (χ1v) is 8.22. The van der Waals surface area contributed by atoms with Gasteiger partial charge >= 0.3 is 0 Å². The maximum Gasteiger partial charge on any atom is 0.264 e. The number of benzene rings is 2.